The molecule has 0 amide bonds. The van der Waals surface area contributed by atoms with Gasteiger partial charge in [0, 0.05) is 74.4 Å². The summed E-state index contributed by atoms with van der Waals surface area (Å²) in [7, 11) is 2.10. The Labute approximate surface area is 425 Å². The highest BCUT2D eigenvalue weighted by Crippen LogP contribution is 2.53. The van der Waals surface area contributed by atoms with Gasteiger partial charge in [-0.1, -0.05) is 42.3 Å². The number of carbonyl (C=O) groups excluding carboxylic acids is 1. The second-order valence-electron chi connectivity index (χ2n) is 18.7. The number of hydrogen-bond acceptors (Lipinski definition) is 15. The average molecular weight is 1030 g/mol. The number of carboxylic acid groups (broad SMARTS) is 1. The molecule has 0 aliphatic carbocycles. The molecule has 4 bridgehead atoms. The molecule has 374 valence electrons. The number of rotatable bonds is 11. The number of ether oxygens (including phenoxy) is 5. The summed E-state index contributed by atoms with van der Waals surface area (Å²) in [4.78, 5) is 52.2. The number of piperidine rings is 1. The van der Waals surface area contributed by atoms with Crippen LogP contribution in [0.1, 0.15) is 55.5 Å². The van der Waals surface area contributed by atoms with Crippen molar-refractivity contribution in [2.75, 3.05) is 71.0 Å². The summed E-state index contributed by atoms with van der Waals surface area (Å²) in [6, 6.07) is 13.2. The largest absolute Gasteiger partial charge is 0.490 e. The minimum Gasteiger partial charge on any atom is -0.490 e. The van der Waals surface area contributed by atoms with E-state index in [1.807, 2.05) is 20.8 Å². The Morgan fingerprint density at radius 1 is 0.944 bits per heavy atom. The zero-order valence-electron chi connectivity index (χ0n) is 40.3. The van der Waals surface area contributed by atoms with Gasteiger partial charge in [-0.05, 0) is 105 Å². The van der Waals surface area contributed by atoms with Crippen molar-refractivity contribution in [1.29, 1.82) is 0 Å². The van der Waals surface area contributed by atoms with Gasteiger partial charge in [0.05, 0.1) is 34.2 Å². The molecule has 3 aromatic heterocycles. The number of esters is 1. The number of piperazine rings is 1. The number of carboxylic acids is 1. The number of nitrogens with zero attached hydrogens (tertiary/aromatic N) is 7. The van der Waals surface area contributed by atoms with Crippen LogP contribution in [-0.4, -0.2) is 125 Å². The fourth-order valence-electron chi connectivity index (χ4n) is 9.47. The van der Waals surface area contributed by atoms with E-state index < -0.39 is 24.0 Å². The first kappa shape index (κ1) is 50.1. The number of carbonyl (C=O) groups is 2. The van der Waals surface area contributed by atoms with E-state index in [1.54, 1.807) is 42.6 Å². The van der Waals surface area contributed by atoms with E-state index in [0.29, 0.717) is 120 Å². The summed E-state index contributed by atoms with van der Waals surface area (Å²) in [5.74, 6) is -0.0985. The quantitative estimate of drug-likeness (QED) is 0.122. The van der Waals surface area contributed by atoms with Gasteiger partial charge in [0.1, 0.15) is 47.8 Å². The van der Waals surface area contributed by atoms with E-state index >= 15 is 0 Å². The van der Waals surface area contributed by atoms with Gasteiger partial charge in [0.15, 0.2) is 5.75 Å². The third kappa shape index (κ3) is 11.1. The van der Waals surface area contributed by atoms with E-state index in [1.165, 1.54) is 29.8 Å². The molecule has 6 aromatic rings. The second-order valence-corrected chi connectivity index (χ2v) is 20.5. The van der Waals surface area contributed by atoms with Crippen LogP contribution in [0.2, 0.25) is 10.0 Å². The Morgan fingerprint density at radius 2 is 1.68 bits per heavy atom. The van der Waals surface area contributed by atoms with Crippen LogP contribution in [-0.2, 0) is 27.4 Å². The van der Waals surface area contributed by atoms with Gasteiger partial charge in [-0.15, -0.1) is 11.3 Å². The van der Waals surface area contributed by atoms with Crippen LogP contribution in [0.3, 0.4) is 0 Å². The lowest BCUT2D eigenvalue weighted by Crippen LogP contribution is -2.49. The fourth-order valence-corrected chi connectivity index (χ4v) is 11.1. The third-order valence-corrected chi connectivity index (χ3v) is 15.6. The first-order valence-electron chi connectivity index (χ1n) is 23.8. The van der Waals surface area contributed by atoms with Gasteiger partial charge < -0.3 is 38.6 Å². The molecule has 19 heteroatoms. The van der Waals surface area contributed by atoms with Crippen LogP contribution in [0, 0.1) is 25.1 Å². The van der Waals surface area contributed by atoms with Crippen LogP contribution in [0.25, 0.3) is 31.8 Å². The molecule has 4 aliphatic heterocycles. The normalized spacial score (nSPS) is 18.6. The van der Waals surface area contributed by atoms with Crippen molar-refractivity contribution in [3.63, 3.8) is 0 Å². The van der Waals surface area contributed by atoms with Crippen molar-refractivity contribution in [3.05, 3.63) is 99.3 Å². The summed E-state index contributed by atoms with van der Waals surface area (Å²) in [6.07, 6.45) is 2.76. The number of thiophene rings is 1. The van der Waals surface area contributed by atoms with Gasteiger partial charge >= 0.3 is 11.9 Å². The van der Waals surface area contributed by atoms with E-state index in [2.05, 4.69) is 43.6 Å². The van der Waals surface area contributed by atoms with Crippen molar-refractivity contribution >= 4 is 62.6 Å². The summed E-state index contributed by atoms with van der Waals surface area (Å²) < 4.78 is 46.0. The Morgan fingerprint density at radius 3 is 2.38 bits per heavy atom. The molecule has 2 atom stereocenters. The monoisotopic (exact) mass is 1030 g/mol. The third-order valence-electron chi connectivity index (χ3n) is 13.6. The van der Waals surface area contributed by atoms with Crippen molar-refractivity contribution in [3.8, 4) is 44.7 Å². The molecule has 2 saturated heterocycles. The van der Waals surface area contributed by atoms with E-state index in [9.17, 15) is 19.1 Å². The van der Waals surface area contributed by atoms with Crippen molar-refractivity contribution in [1.82, 2.24) is 29.7 Å². The number of benzene rings is 3. The van der Waals surface area contributed by atoms with Gasteiger partial charge in [-0.2, -0.15) is 0 Å². The molecule has 1 N–H and O–H groups in total. The summed E-state index contributed by atoms with van der Waals surface area (Å²) in [5, 5.41) is 12.0. The highest BCUT2D eigenvalue weighted by atomic mass is 35.5. The number of anilines is 1. The molecule has 2 fully saturated rings. The Kier molecular flexibility index (Phi) is 15.2. The fraction of sp³-hybridized carbons (Fsp3) is 0.423. The highest BCUT2D eigenvalue weighted by Gasteiger charge is 2.35. The molecule has 71 heavy (non-hydrogen) atoms. The van der Waals surface area contributed by atoms with Crippen LogP contribution < -0.4 is 23.8 Å². The Balaban J connectivity index is 1.09. The molecule has 0 unspecified atom stereocenters. The average Bonchev–Trinajstić information content (AvgIpc) is 3.74. The summed E-state index contributed by atoms with van der Waals surface area (Å²) in [5.41, 5.74) is 4.17. The topological polar surface area (TPSA) is 162 Å². The molecule has 7 heterocycles. The van der Waals surface area contributed by atoms with Crippen LogP contribution >= 0.6 is 34.5 Å². The maximum atomic E-state index is 14.4. The van der Waals surface area contributed by atoms with Gasteiger partial charge in [-0.25, -0.2) is 29.1 Å². The van der Waals surface area contributed by atoms with Crippen molar-refractivity contribution in [2.45, 2.75) is 72.2 Å². The molecule has 15 nitrogen and oxygen atoms in total. The minimum absolute atomic E-state index is 0.0206. The lowest BCUT2D eigenvalue weighted by atomic mass is 9.77. The first-order chi connectivity index (χ1) is 34.2. The molecule has 0 radical (unpaired) electrons. The van der Waals surface area contributed by atoms with E-state index in [0.717, 1.165) is 39.0 Å². The molecular weight excluding hydrogens is 973 g/mol. The first-order valence-corrected chi connectivity index (χ1v) is 25.3. The van der Waals surface area contributed by atoms with Crippen molar-refractivity contribution < 1.29 is 42.8 Å². The van der Waals surface area contributed by atoms with Crippen LogP contribution in [0.4, 0.5) is 10.3 Å². The van der Waals surface area contributed by atoms with Gasteiger partial charge in [0.25, 0.3) is 0 Å². The van der Waals surface area contributed by atoms with Gasteiger partial charge in [-0.3, -0.25) is 9.69 Å². The number of aromatic nitrogens is 4. The smallest absolute Gasteiger partial charge is 0.345 e. The predicted octanol–water partition coefficient (Wildman–Crippen LogP) is 9.48. The van der Waals surface area contributed by atoms with Crippen molar-refractivity contribution in [2.24, 2.45) is 5.41 Å². The summed E-state index contributed by atoms with van der Waals surface area (Å²) >= 11 is 16.0. The maximum Gasteiger partial charge on any atom is 0.345 e. The minimum atomic E-state index is -1.48. The lowest BCUT2D eigenvalue weighted by molar-refractivity contribution is -0.146. The predicted molar refractivity (Wildman–Crippen MR) is 271 cm³/mol. The Bertz CT molecular complexity index is 2900. The zero-order valence-corrected chi connectivity index (χ0v) is 42.6. The second kappa shape index (κ2) is 21.5. The highest BCUT2D eigenvalue weighted by molar-refractivity contribution is 7.22. The summed E-state index contributed by atoms with van der Waals surface area (Å²) in [6.45, 7) is 13.5. The van der Waals surface area contributed by atoms with E-state index in [-0.39, 0.29) is 36.9 Å². The number of aliphatic carboxylic acids is 1. The molecule has 3 aromatic carbocycles. The lowest BCUT2D eigenvalue weighted by Gasteiger charge is -2.38. The molecular formula is C52H56Cl2FN7O8S. The van der Waals surface area contributed by atoms with E-state index in [4.69, 9.17) is 51.9 Å². The molecule has 0 spiro atoms. The number of hydrogen-bond donors (Lipinski definition) is 1. The zero-order chi connectivity index (χ0) is 50.0. The number of fused-ring (bicyclic) bond motifs is 7. The molecule has 10 rings (SSSR count). The molecule has 0 saturated carbocycles. The number of likely N-dealkylation sites (N-methyl/N-ethyl adjacent to an activating group) is 1. The number of halogens is 3. The standard InChI is InChI=1S/C52H56Cl2FN7O8S/c1-6-66-40(63)25-52(4)14-17-62(18-15-52)51-56-16-13-35(59-51)27-68-38-12-11-36-23-33(38)24-39(50(64)65)70-48-43-42(47(71-49(43)58-29-57-48)32-7-9-34(55)10-8-32)41-30(2)44(53)46(45(54)31(41)3)69-37(28-67-36)26-61-21-19-60(5)20-22-61/h7-13,16,23,29,37,39H,6,14-15,17-22,24-28H2,1-5H3,(H,64,65)/t37-,39-/m1/s1. The Hall–Kier alpha value is -5.85. The molecule has 4 aliphatic rings. The van der Waals surface area contributed by atoms with Crippen LogP contribution in [0.15, 0.2) is 61.1 Å². The maximum absolute atomic E-state index is 14.4. The SMILES string of the molecule is CCOC(=O)CC1(C)CCN(c2nccc(COc3ccc4cc3C[C@H](C(=O)O)Oc3ncnc5sc(-c6ccc(F)cc6)c(c35)-c3c(C)c(Cl)c(c(Cl)c3C)O[C@H](CN3CCN(C)CC3)CO4)n2)CC1. The van der Waals surface area contributed by atoms with Gasteiger partial charge in [0.2, 0.25) is 17.9 Å². The van der Waals surface area contributed by atoms with Crippen LogP contribution in [0.5, 0.6) is 23.1 Å².